The molecule has 0 atom stereocenters. The quantitative estimate of drug-likeness (QED) is 0.689. The van der Waals surface area contributed by atoms with Crippen LogP contribution in [-0.4, -0.2) is 78.7 Å². The molecular formula is C27H38N6O. The van der Waals surface area contributed by atoms with E-state index in [4.69, 9.17) is 0 Å². The van der Waals surface area contributed by atoms with Crippen LogP contribution in [0.25, 0.3) is 0 Å². The molecule has 0 unspecified atom stereocenters. The van der Waals surface area contributed by atoms with Crippen molar-refractivity contribution in [3.05, 3.63) is 47.9 Å². The van der Waals surface area contributed by atoms with E-state index in [-0.39, 0.29) is 11.4 Å². The highest BCUT2D eigenvalue weighted by molar-refractivity contribution is 5.95. The van der Waals surface area contributed by atoms with E-state index in [0.717, 1.165) is 75.6 Å². The third-order valence-electron chi connectivity index (χ3n) is 8.10. The Kier molecular flexibility index (Phi) is 6.47. The Labute approximate surface area is 203 Å². The summed E-state index contributed by atoms with van der Waals surface area (Å²) in [6.07, 6.45) is 10.6. The number of rotatable bonds is 4. The number of para-hydroxylation sites is 1. The van der Waals surface area contributed by atoms with Crippen molar-refractivity contribution in [1.82, 2.24) is 19.8 Å². The van der Waals surface area contributed by atoms with E-state index in [2.05, 4.69) is 51.0 Å². The van der Waals surface area contributed by atoms with Crippen LogP contribution in [0.2, 0.25) is 0 Å². The summed E-state index contributed by atoms with van der Waals surface area (Å²) in [4.78, 5) is 30.9. The minimum atomic E-state index is 0.0879. The molecule has 34 heavy (non-hydrogen) atoms. The Bertz CT molecular complexity index is 990. The highest BCUT2D eigenvalue weighted by Crippen LogP contribution is 2.47. The first-order chi connectivity index (χ1) is 16.5. The van der Waals surface area contributed by atoms with Crippen molar-refractivity contribution < 1.29 is 4.79 Å². The summed E-state index contributed by atoms with van der Waals surface area (Å²) in [5.41, 5.74) is 3.65. The molecule has 2 aromatic rings. The van der Waals surface area contributed by atoms with Gasteiger partial charge in [-0.2, -0.15) is 0 Å². The Balaban J connectivity index is 1.20. The Morgan fingerprint density at radius 2 is 1.79 bits per heavy atom. The van der Waals surface area contributed by atoms with E-state index in [1.807, 2.05) is 31.4 Å². The molecule has 5 rings (SSSR count). The van der Waals surface area contributed by atoms with Crippen LogP contribution < -0.4 is 9.80 Å². The average Bonchev–Trinajstić information content (AvgIpc) is 3.19. The molecule has 0 saturated carbocycles. The van der Waals surface area contributed by atoms with Crippen LogP contribution in [0.3, 0.4) is 0 Å². The maximum atomic E-state index is 12.9. The van der Waals surface area contributed by atoms with Gasteiger partial charge in [-0.1, -0.05) is 31.5 Å². The predicted molar refractivity (Wildman–Crippen MR) is 137 cm³/mol. The number of piperidine rings is 2. The molecule has 3 aliphatic heterocycles. The smallest absolute Gasteiger partial charge is 0.323 e. The third kappa shape index (κ3) is 4.26. The number of carbonyl (C=O) groups is 1. The lowest BCUT2D eigenvalue weighted by molar-refractivity contribution is 0.104. The van der Waals surface area contributed by atoms with Crippen LogP contribution in [0.5, 0.6) is 0 Å². The van der Waals surface area contributed by atoms with Crippen molar-refractivity contribution in [2.75, 3.05) is 56.6 Å². The van der Waals surface area contributed by atoms with Crippen LogP contribution in [0, 0.1) is 0 Å². The van der Waals surface area contributed by atoms with Crippen molar-refractivity contribution in [2.45, 2.75) is 56.9 Å². The third-order valence-corrected chi connectivity index (χ3v) is 8.10. The van der Waals surface area contributed by atoms with E-state index in [9.17, 15) is 4.79 Å². The van der Waals surface area contributed by atoms with Crippen molar-refractivity contribution >= 4 is 17.5 Å². The lowest BCUT2D eigenvalue weighted by Gasteiger charge is -2.45. The first-order valence-electron chi connectivity index (χ1n) is 12.9. The van der Waals surface area contributed by atoms with Gasteiger partial charge in [0.05, 0.1) is 18.1 Å². The van der Waals surface area contributed by atoms with Crippen LogP contribution in [0.15, 0.2) is 36.7 Å². The van der Waals surface area contributed by atoms with Gasteiger partial charge in [0.15, 0.2) is 0 Å². The van der Waals surface area contributed by atoms with Crippen LogP contribution in [-0.2, 0) is 11.8 Å². The fraction of sp³-hybridized carbons (Fsp3) is 0.593. The van der Waals surface area contributed by atoms with Crippen molar-refractivity contribution in [3.63, 3.8) is 0 Å². The molecule has 0 radical (unpaired) electrons. The second-order valence-corrected chi connectivity index (χ2v) is 10.4. The molecular weight excluding hydrogens is 424 g/mol. The van der Waals surface area contributed by atoms with E-state index in [1.165, 1.54) is 18.4 Å². The summed E-state index contributed by atoms with van der Waals surface area (Å²) >= 11 is 0. The molecule has 2 saturated heterocycles. The van der Waals surface area contributed by atoms with Crippen LogP contribution >= 0.6 is 0 Å². The molecule has 4 heterocycles. The number of fused-ring (bicyclic) bond motifs is 2. The Morgan fingerprint density at radius 1 is 1.06 bits per heavy atom. The molecule has 0 N–H and O–H groups in total. The summed E-state index contributed by atoms with van der Waals surface area (Å²) in [7, 11) is 3.69. The number of nitrogens with zero attached hydrogens (tertiary/aromatic N) is 6. The number of aryl methyl sites for hydroxylation is 1. The average molecular weight is 463 g/mol. The van der Waals surface area contributed by atoms with Crippen molar-refractivity contribution in [3.8, 4) is 0 Å². The van der Waals surface area contributed by atoms with Gasteiger partial charge in [0.1, 0.15) is 5.82 Å². The summed E-state index contributed by atoms with van der Waals surface area (Å²) in [6.45, 7) is 7.28. The lowest BCUT2D eigenvalue weighted by Crippen LogP contribution is -2.52. The molecule has 2 fully saturated rings. The number of aromatic nitrogens is 2. The van der Waals surface area contributed by atoms with Gasteiger partial charge >= 0.3 is 6.03 Å². The van der Waals surface area contributed by atoms with Crippen LogP contribution in [0.4, 0.5) is 16.3 Å². The molecule has 182 valence electrons. The maximum Gasteiger partial charge on any atom is 0.323 e. The zero-order valence-corrected chi connectivity index (χ0v) is 20.9. The first kappa shape index (κ1) is 23.1. The number of amides is 2. The predicted octanol–water partition coefficient (Wildman–Crippen LogP) is 3.93. The van der Waals surface area contributed by atoms with Gasteiger partial charge in [0.2, 0.25) is 0 Å². The SMILES string of the molecule is CCCc1cnc(N2CCC(N3CCC4(CC3)CN(C(=O)N(C)C)c3ccccc34)CC2)cn1. The summed E-state index contributed by atoms with van der Waals surface area (Å²) in [5.74, 6) is 1.02. The summed E-state index contributed by atoms with van der Waals surface area (Å²) in [5, 5.41) is 0. The maximum absolute atomic E-state index is 12.9. The number of benzene rings is 1. The zero-order chi connectivity index (χ0) is 23.7. The van der Waals surface area contributed by atoms with Gasteiger partial charge in [-0.05, 0) is 56.8 Å². The largest absolute Gasteiger partial charge is 0.355 e. The minimum Gasteiger partial charge on any atom is -0.355 e. The normalized spacial score (nSPS) is 20.6. The number of anilines is 2. The van der Waals surface area contributed by atoms with Crippen LogP contribution in [0.1, 0.15) is 50.3 Å². The molecule has 3 aliphatic rings. The first-order valence-corrected chi connectivity index (χ1v) is 12.9. The second kappa shape index (κ2) is 9.53. The van der Waals surface area contributed by atoms with E-state index in [0.29, 0.717) is 6.04 Å². The molecule has 7 heteroatoms. The molecule has 7 nitrogen and oxygen atoms in total. The lowest BCUT2D eigenvalue weighted by atomic mass is 9.74. The van der Waals surface area contributed by atoms with E-state index >= 15 is 0 Å². The van der Waals surface area contributed by atoms with Gasteiger partial charge in [0.25, 0.3) is 0 Å². The van der Waals surface area contributed by atoms with E-state index < -0.39 is 0 Å². The Morgan fingerprint density at radius 3 is 2.44 bits per heavy atom. The molecule has 2 amide bonds. The number of carbonyl (C=O) groups excluding carboxylic acids is 1. The topological polar surface area (TPSA) is 55.8 Å². The van der Waals surface area contributed by atoms with Gasteiger partial charge in [-0.15, -0.1) is 0 Å². The zero-order valence-electron chi connectivity index (χ0n) is 20.9. The van der Waals surface area contributed by atoms with Gasteiger partial charge in [0, 0.05) is 50.9 Å². The number of hydrogen-bond donors (Lipinski definition) is 0. The fourth-order valence-corrected chi connectivity index (χ4v) is 6.14. The standard InChI is InChI=1S/C27H38N6O/c1-4-7-21-18-29-25(19-28-21)32-14-10-22(11-15-32)31-16-12-27(13-17-31)20-33(26(34)30(2)3)24-9-6-5-8-23(24)27/h5-6,8-9,18-19,22H,4,7,10-17,20H2,1-3H3. The van der Waals surface area contributed by atoms with Gasteiger partial charge in [-0.3, -0.25) is 9.88 Å². The minimum absolute atomic E-state index is 0.0879. The van der Waals surface area contributed by atoms with E-state index in [1.54, 1.807) is 4.90 Å². The number of likely N-dealkylation sites (tertiary alicyclic amines) is 1. The van der Waals surface area contributed by atoms with Gasteiger partial charge in [-0.25, -0.2) is 9.78 Å². The fourth-order valence-electron chi connectivity index (χ4n) is 6.14. The molecule has 1 spiro atoms. The second-order valence-electron chi connectivity index (χ2n) is 10.4. The highest BCUT2D eigenvalue weighted by Gasteiger charge is 2.47. The Hall–Kier alpha value is -2.67. The van der Waals surface area contributed by atoms with Gasteiger partial charge < -0.3 is 14.7 Å². The molecule has 0 aliphatic carbocycles. The summed E-state index contributed by atoms with van der Waals surface area (Å²) < 4.78 is 0. The molecule has 1 aromatic carbocycles. The molecule has 1 aromatic heterocycles. The highest BCUT2D eigenvalue weighted by atomic mass is 16.2. The molecule has 0 bridgehead atoms. The number of urea groups is 1. The summed E-state index contributed by atoms with van der Waals surface area (Å²) in [6, 6.07) is 9.27. The van der Waals surface area contributed by atoms with Crippen molar-refractivity contribution in [1.29, 1.82) is 0 Å². The number of hydrogen-bond acceptors (Lipinski definition) is 5. The monoisotopic (exact) mass is 462 g/mol. The van der Waals surface area contributed by atoms with Crippen molar-refractivity contribution in [2.24, 2.45) is 0 Å².